The number of aromatic nitrogens is 2. The molecule has 20 heavy (non-hydrogen) atoms. The van der Waals surface area contributed by atoms with Crippen molar-refractivity contribution in [2.24, 2.45) is 0 Å². The number of imidazole rings is 1. The van der Waals surface area contributed by atoms with Gasteiger partial charge >= 0.3 is 5.97 Å². The Morgan fingerprint density at radius 2 is 1.75 bits per heavy atom. The molecule has 7 heteroatoms. The highest BCUT2D eigenvalue weighted by atomic mass is 16.9. The molecular weight excluding hydrogens is 264 g/mol. The van der Waals surface area contributed by atoms with Crippen LogP contribution in [0.4, 0.5) is 0 Å². The molecule has 1 aromatic heterocycles. The number of nitrogens with zero attached hydrogens (tertiary/aromatic N) is 2. The summed E-state index contributed by atoms with van der Waals surface area (Å²) in [7, 11) is 0. The summed E-state index contributed by atoms with van der Waals surface area (Å²) < 4.78 is 18.6. The Kier molecular flexibility index (Phi) is 7.11. The zero-order chi connectivity index (χ0) is 15.0. The number of aliphatic hydroxyl groups excluding tert-OH is 2. The largest absolute Gasteiger partial charge is 0.394 e. The van der Waals surface area contributed by atoms with Crippen LogP contribution in [0.3, 0.4) is 0 Å². The summed E-state index contributed by atoms with van der Waals surface area (Å²) in [6, 6.07) is 0. The summed E-state index contributed by atoms with van der Waals surface area (Å²) in [5.41, 5.74) is 0. The molecule has 1 aromatic rings. The second-order valence-electron chi connectivity index (χ2n) is 4.09. The van der Waals surface area contributed by atoms with Gasteiger partial charge in [0.15, 0.2) is 0 Å². The van der Waals surface area contributed by atoms with Crippen molar-refractivity contribution in [3.63, 3.8) is 0 Å². The predicted octanol–water partition coefficient (Wildman–Crippen LogP) is 0.456. The Morgan fingerprint density at radius 1 is 1.20 bits per heavy atom. The molecule has 2 N–H and O–H groups in total. The Labute approximate surface area is 119 Å². The lowest BCUT2D eigenvalue weighted by Crippen LogP contribution is -2.40. The van der Waals surface area contributed by atoms with Crippen LogP contribution in [-0.4, -0.2) is 52.3 Å². The predicted molar refractivity (Wildman–Crippen MR) is 71.9 cm³/mol. The average Bonchev–Trinajstić information content (AvgIpc) is 2.88. The quantitative estimate of drug-likeness (QED) is 0.608. The summed E-state index contributed by atoms with van der Waals surface area (Å²) in [4.78, 5) is 4.23. The molecule has 0 saturated carbocycles. The van der Waals surface area contributed by atoms with Crippen molar-refractivity contribution in [2.75, 3.05) is 26.4 Å². The fourth-order valence-corrected chi connectivity index (χ4v) is 1.90. The summed E-state index contributed by atoms with van der Waals surface area (Å²) in [5, 5.41) is 18.5. The van der Waals surface area contributed by atoms with Crippen LogP contribution in [0.15, 0.2) is 12.4 Å². The van der Waals surface area contributed by atoms with Crippen LogP contribution in [0.2, 0.25) is 0 Å². The number of hydrogen-bond acceptors (Lipinski definition) is 6. The standard InChI is InChI=1S/C13H24N2O5/c1-4-18-13(19-5-2,20-6-3)12-14-7-8-15(12)9-11(17)10-16/h7-8,11,16-17H,4-6,9-10H2,1-3H3. The van der Waals surface area contributed by atoms with E-state index >= 15 is 0 Å². The minimum atomic E-state index is -1.39. The molecule has 0 aliphatic heterocycles. The summed E-state index contributed by atoms with van der Waals surface area (Å²) in [6.45, 7) is 6.51. The molecule has 1 heterocycles. The lowest BCUT2D eigenvalue weighted by molar-refractivity contribution is -0.394. The molecule has 0 bridgehead atoms. The van der Waals surface area contributed by atoms with Crippen LogP contribution >= 0.6 is 0 Å². The van der Waals surface area contributed by atoms with E-state index in [0.29, 0.717) is 25.6 Å². The first-order chi connectivity index (χ1) is 9.63. The molecular formula is C13H24N2O5. The first-order valence-electron chi connectivity index (χ1n) is 6.85. The van der Waals surface area contributed by atoms with E-state index in [4.69, 9.17) is 19.3 Å². The molecule has 7 nitrogen and oxygen atoms in total. The molecule has 116 valence electrons. The molecule has 0 amide bonds. The van der Waals surface area contributed by atoms with Gasteiger partial charge < -0.3 is 29.0 Å². The van der Waals surface area contributed by atoms with Gasteiger partial charge in [-0.1, -0.05) is 0 Å². The molecule has 1 rings (SSSR count). The van der Waals surface area contributed by atoms with Crippen LogP contribution in [0.25, 0.3) is 0 Å². The minimum Gasteiger partial charge on any atom is -0.394 e. The molecule has 0 fully saturated rings. The Hall–Kier alpha value is -0.990. The number of rotatable bonds is 10. The van der Waals surface area contributed by atoms with Gasteiger partial charge in [0, 0.05) is 12.4 Å². The summed E-state index contributed by atoms with van der Waals surface area (Å²) in [6.07, 6.45) is 2.37. The fraction of sp³-hybridized carbons (Fsp3) is 0.769. The first kappa shape index (κ1) is 17.1. The molecule has 1 unspecified atom stereocenters. The minimum absolute atomic E-state index is 0.181. The maximum absolute atomic E-state index is 9.59. The van der Waals surface area contributed by atoms with Gasteiger partial charge in [0.1, 0.15) is 0 Å². The van der Waals surface area contributed by atoms with Crippen molar-refractivity contribution < 1.29 is 24.4 Å². The topological polar surface area (TPSA) is 86.0 Å². The van der Waals surface area contributed by atoms with E-state index < -0.39 is 12.1 Å². The third-order valence-electron chi connectivity index (χ3n) is 2.61. The average molecular weight is 288 g/mol. The normalized spacial score (nSPS) is 13.7. The first-order valence-corrected chi connectivity index (χ1v) is 6.85. The number of aliphatic hydroxyl groups is 2. The molecule has 0 aromatic carbocycles. The van der Waals surface area contributed by atoms with Gasteiger partial charge in [0.2, 0.25) is 5.82 Å². The fourth-order valence-electron chi connectivity index (χ4n) is 1.90. The Morgan fingerprint density at radius 3 is 2.20 bits per heavy atom. The molecule has 0 saturated heterocycles. The SMILES string of the molecule is CCOC(OCC)(OCC)c1nccn1CC(O)CO. The lowest BCUT2D eigenvalue weighted by Gasteiger charge is -2.32. The maximum atomic E-state index is 9.59. The van der Waals surface area contributed by atoms with Crippen LogP contribution in [-0.2, 0) is 26.7 Å². The second kappa shape index (κ2) is 8.33. The number of hydrogen-bond donors (Lipinski definition) is 2. The smallest absolute Gasteiger partial charge is 0.346 e. The van der Waals surface area contributed by atoms with E-state index in [9.17, 15) is 5.11 Å². The summed E-state index contributed by atoms with van der Waals surface area (Å²) in [5.74, 6) is -0.979. The summed E-state index contributed by atoms with van der Waals surface area (Å²) >= 11 is 0. The molecule has 0 radical (unpaired) electrons. The second-order valence-corrected chi connectivity index (χ2v) is 4.09. The van der Waals surface area contributed by atoms with Gasteiger partial charge in [-0.15, -0.1) is 0 Å². The van der Waals surface area contributed by atoms with E-state index in [-0.39, 0.29) is 13.2 Å². The monoisotopic (exact) mass is 288 g/mol. The van der Waals surface area contributed by atoms with Crippen molar-refractivity contribution in [1.29, 1.82) is 0 Å². The molecule has 0 aliphatic rings. The van der Waals surface area contributed by atoms with Gasteiger partial charge in [-0.05, 0) is 20.8 Å². The number of ether oxygens (including phenoxy) is 3. The van der Waals surface area contributed by atoms with Crippen molar-refractivity contribution in [1.82, 2.24) is 9.55 Å². The molecule has 0 spiro atoms. The third-order valence-corrected chi connectivity index (χ3v) is 2.61. The molecule has 0 aliphatic carbocycles. The lowest BCUT2D eigenvalue weighted by atomic mass is 10.3. The van der Waals surface area contributed by atoms with Crippen LogP contribution < -0.4 is 0 Å². The highest BCUT2D eigenvalue weighted by molar-refractivity contribution is 4.99. The van der Waals surface area contributed by atoms with E-state index in [2.05, 4.69) is 4.98 Å². The van der Waals surface area contributed by atoms with Crippen LogP contribution in [0, 0.1) is 0 Å². The Balaban J connectivity index is 3.09. The van der Waals surface area contributed by atoms with Crippen LogP contribution in [0.1, 0.15) is 26.6 Å². The molecule has 1 atom stereocenters. The zero-order valence-corrected chi connectivity index (χ0v) is 12.3. The van der Waals surface area contributed by atoms with Crippen molar-refractivity contribution in [2.45, 2.75) is 39.4 Å². The van der Waals surface area contributed by atoms with E-state index in [1.165, 1.54) is 0 Å². The highest BCUT2D eigenvalue weighted by Gasteiger charge is 2.40. The van der Waals surface area contributed by atoms with Crippen molar-refractivity contribution in [3.05, 3.63) is 18.2 Å². The highest BCUT2D eigenvalue weighted by Crippen LogP contribution is 2.28. The van der Waals surface area contributed by atoms with E-state index in [1.54, 1.807) is 17.0 Å². The van der Waals surface area contributed by atoms with Gasteiger partial charge in [-0.25, -0.2) is 4.98 Å². The van der Waals surface area contributed by atoms with E-state index in [0.717, 1.165) is 0 Å². The van der Waals surface area contributed by atoms with Gasteiger partial charge in [-0.2, -0.15) is 0 Å². The maximum Gasteiger partial charge on any atom is 0.346 e. The third kappa shape index (κ3) is 4.00. The van der Waals surface area contributed by atoms with Gasteiger partial charge in [0.25, 0.3) is 0 Å². The van der Waals surface area contributed by atoms with Crippen molar-refractivity contribution in [3.8, 4) is 0 Å². The van der Waals surface area contributed by atoms with Gasteiger partial charge in [0.05, 0.1) is 39.1 Å². The Bertz CT molecular complexity index is 366. The van der Waals surface area contributed by atoms with Crippen LogP contribution in [0.5, 0.6) is 0 Å². The van der Waals surface area contributed by atoms with Crippen molar-refractivity contribution >= 4 is 0 Å². The van der Waals surface area contributed by atoms with E-state index in [1.807, 2.05) is 20.8 Å². The van der Waals surface area contributed by atoms with Gasteiger partial charge in [-0.3, -0.25) is 0 Å². The zero-order valence-electron chi connectivity index (χ0n) is 12.3.